The zero-order valence-electron chi connectivity index (χ0n) is 26.5. The first kappa shape index (κ1) is 40.7. The molecule has 0 aromatic carbocycles. The third-order valence-electron chi connectivity index (χ3n) is 9.08. The Morgan fingerprint density at radius 1 is 0.604 bits per heavy atom. The largest absolute Gasteiger partial charge is 0.389 e. The van der Waals surface area contributed by atoms with E-state index in [2.05, 4.69) is 12.6 Å². The molecule has 0 aromatic heterocycles. The van der Waals surface area contributed by atoms with Crippen LogP contribution >= 0.6 is 24.4 Å². The van der Waals surface area contributed by atoms with Crippen molar-refractivity contribution in [2.45, 2.75) is 123 Å². The van der Waals surface area contributed by atoms with Crippen molar-refractivity contribution in [1.29, 1.82) is 0 Å². The van der Waals surface area contributed by atoms with E-state index in [0.717, 1.165) is 0 Å². The molecule has 11 unspecified atom stereocenters. The summed E-state index contributed by atoms with van der Waals surface area (Å²) in [7, 11) is 0. The van der Waals surface area contributed by atoms with Gasteiger partial charge in [-0.1, -0.05) is 0 Å². The average Bonchev–Trinajstić information content (AvgIpc) is 3.35. The Morgan fingerprint density at radius 2 is 1.12 bits per heavy atom. The van der Waals surface area contributed by atoms with Crippen LogP contribution in [0.3, 0.4) is 0 Å². The van der Waals surface area contributed by atoms with Gasteiger partial charge in [-0.3, -0.25) is 0 Å². The molecule has 1 saturated carbocycles. The van der Waals surface area contributed by atoms with Crippen LogP contribution in [0.4, 0.5) is 0 Å². The number of rotatable bonds is 15. The van der Waals surface area contributed by atoms with Crippen LogP contribution in [0.5, 0.6) is 0 Å². The monoisotopic (exact) mass is 734 g/mol. The molecule has 3 aliphatic heterocycles. The van der Waals surface area contributed by atoms with Gasteiger partial charge in [0.05, 0.1) is 37.5 Å². The lowest BCUT2D eigenvalue weighted by Crippen LogP contribution is -2.68. The molecule has 1 aliphatic carbocycles. The summed E-state index contributed by atoms with van der Waals surface area (Å²) in [5.41, 5.74) is 36.3. The fourth-order valence-electron chi connectivity index (χ4n) is 6.21. The lowest BCUT2D eigenvalue weighted by atomic mass is 9.84. The second kappa shape index (κ2) is 18.6. The molecule has 0 spiro atoms. The molecule has 0 bridgehead atoms. The molecule has 282 valence electrons. The number of hydrogen-bond donors (Lipinski definition) is 13. The van der Waals surface area contributed by atoms with Crippen molar-refractivity contribution >= 4 is 24.4 Å². The Hall–Kier alpha value is -0.0600. The number of thiol groups is 1. The average molecular weight is 735 g/mol. The smallest absolute Gasteiger partial charge is 0.187 e. The second-order valence-electron chi connectivity index (χ2n) is 12.5. The van der Waals surface area contributed by atoms with Crippen LogP contribution in [0.15, 0.2) is 0 Å². The standard InChI is InChI=1S/C27H54N6O13S2/c28-6-11-17(35)19(37)14(32)25(41-11)44-22-10(31)5-9(30)16(34)24(22)46-27-21(39)23(13(43-27)8-48-4-2-40-1-3-47)45-26-15(33)20(38)18(36)12(7-29)42-26/h9-27,34-39,47H,1-8,28-33H2/t9-,10?,11?,12?,13-,14?,15-,16?,17-,18-,19?,20?,21?,22-,23?,24?,25-,26?,27+/m1/s1. The third-order valence-corrected chi connectivity index (χ3v) is 10.3. The van der Waals surface area contributed by atoms with E-state index in [1.807, 2.05) is 0 Å². The van der Waals surface area contributed by atoms with E-state index in [1.165, 1.54) is 11.8 Å². The molecule has 21 heteroatoms. The highest BCUT2D eigenvalue weighted by Crippen LogP contribution is 2.35. The Balaban J connectivity index is 1.52. The summed E-state index contributed by atoms with van der Waals surface area (Å²) in [4.78, 5) is 0. The molecule has 0 aromatic rings. The van der Waals surface area contributed by atoms with Crippen LogP contribution < -0.4 is 34.4 Å². The minimum atomic E-state index is -1.50. The van der Waals surface area contributed by atoms with Gasteiger partial charge >= 0.3 is 0 Å². The van der Waals surface area contributed by atoms with Gasteiger partial charge in [0.25, 0.3) is 0 Å². The van der Waals surface area contributed by atoms with Crippen molar-refractivity contribution in [3.05, 3.63) is 0 Å². The minimum absolute atomic E-state index is 0.112. The number of thioether (sulfide) groups is 1. The summed E-state index contributed by atoms with van der Waals surface area (Å²) in [5, 5.41) is 64.3. The summed E-state index contributed by atoms with van der Waals surface area (Å²) in [6.45, 7) is 0.646. The molecule has 3 heterocycles. The van der Waals surface area contributed by atoms with E-state index in [1.54, 1.807) is 0 Å². The fourth-order valence-corrected chi connectivity index (χ4v) is 7.25. The molecule has 18 N–H and O–H groups in total. The Labute approximate surface area is 288 Å². The number of nitrogens with two attached hydrogens (primary N) is 6. The van der Waals surface area contributed by atoms with E-state index in [4.69, 9.17) is 67.6 Å². The van der Waals surface area contributed by atoms with Crippen LogP contribution in [0, 0.1) is 0 Å². The SMILES string of the molecule is NCC1O[C@H](O[C@@H]2C(N)C[C@@H](N)C(O)C2O[C@@H]2O[C@H](CSCCOCCS)C(OC3OC(CN)[C@@H](O)C(O)[C@H]3N)C2O)C(N)C(O)[C@@H]1O. The highest BCUT2D eigenvalue weighted by molar-refractivity contribution is 7.99. The quantitative estimate of drug-likeness (QED) is 0.0549. The summed E-state index contributed by atoms with van der Waals surface area (Å²) >= 11 is 5.57. The first-order valence-corrected chi connectivity index (χ1v) is 17.8. The Morgan fingerprint density at radius 3 is 1.67 bits per heavy atom. The second-order valence-corrected chi connectivity index (χ2v) is 14.1. The molecule has 3 saturated heterocycles. The molecular weight excluding hydrogens is 680 g/mol. The molecule has 19 atom stereocenters. The molecule has 0 radical (unpaired) electrons. The van der Waals surface area contributed by atoms with Gasteiger partial charge < -0.3 is 98.2 Å². The van der Waals surface area contributed by atoms with Gasteiger partial charge in [-0.2, -0.15) is 24.4 Å². The van der Waals surface area contributed by atoms with E-state index >= 15 is 0 Å². The van der Waals surface area contributed by atoms with Crippen LogP contribution in [0.1, 0.15) is 6.42 Å². The first-order valence-electron chi connectivity index (χ1n) is 16.0. The van der Waals surface area contributed by atoms with E-state index in [0.29, 0.717) is 24.7 Å². The first-order chi connectivity index (χ1) is 22.8. The predicted molar refractivity (Wildman–Crippen MR) is 173 cm³/mol. The summed E-state index contributed by atoms with van der Waals surface area (Å²) in [6, 6.07) is -4.08. The van der Waals surface area contributed by atoms with Crippen LogP contribution in [-0.4, -0.2) is 190 Å². The summed E-state index contributed by atoms with van der Waals surface area (Å²) in [5.74, 6) is 1.44. The van der Waals surface area contributed by atoms with Crippen molar-refractivity contribution in [1.82, 2.24) is 0 Å². The zero-order chi connectivity index (χ0) is 35.3. The van der Waals surface area contributed by atoms with Crippen molar-refractivity contribution in [3.63, 3.8) is 0 Å². The maximum absolute atomic E-state index is 11.5. The molecule has 4 rings (SSSR count). The molecule has 19 nitrogen and oxygen atoms in total. The summed E-state index contributed by atoms with van der Waals surface area (Å²) < 4.78 is 41.5. The fraction of sp³-hybridized carbons (Fsp3) is 1.00. The molecular formula is C27H54N6O13S2. The van der Waals surface area contributed by atoms with Crippen LogP contribution in [0.2, 0.25) is 0 Å². The van der Waals surface area contributed by atoms with E-state index in [-0.39, 0.29) is 25.3 Å². The van der Waals surface area contributed by atoms with Crippen molar-refractivity contribution in [3.8, 4) is 0 Å². The number of hydrogen-bond acceptors (Lipinski definition) is 21. The van der Waals surface area contributed by atoms with E-state index in [9.17, 15) is 30.6 Å². The topological polar surface area (TPSA) is 342 Å². The molecule has 4 fully saturated rings. The van der Waals surface area contributed by atoms with Gasteiger partial charge in [-0.15, -0.1) is 0 Å². The van der Waals surface area contributed by atoms with Crippen molar-refractivity contribution in [2.75, 3.05) is 43.6 Å². The molecule has 0 amide bonds. The van der Waals surface area contributed by atoms with Crippen molar-refractivity contribution < 1.29 is 63.8 Å². The van der Waals surface area contributed by atoms with Gasteiger partial charge in [-0.25, -0.2) is 0 Å². The van der Waals surface area contributed by atoms with Crippen LogP contribution in [0.25, 0.3) is 0 Å². The third kappa shape index (κ3) is 9.29. The predicted octanol–water partition coefficient (Wildman–Crippen LogP) is -7.21. The van der Waals surface area contributed by atoms with E-state index < -0.39 is 116 Å². The van der Waals surface area contributed by atoms with Crippen molar-refractivity contribution in [2.24, 2.45) is 34.4 Å². The summed E-state index contributed by atoms with van der Waals surface area (Å²) in [6.07, 6.45) is -18.7. The number of aliphatic hydroxyl groups excluding tert-OH is 6. The highest BCUT2D eigenvalue weighted by Gasteiger charge is 2.54. The molecule has 48 heavy (non-hydrogen) atoms. The van der Waals surface area contributed by atoms with Gasteiger partial charge in [0.2, 0.25) is 0 Å². The maximum atomic E-state index is 11.5. The van der Waals surface area contributed by atoms with Gasteiger partial charge in [-0.05, 0) is 6.42 Å². The number of aliphatic hydroxyl groups is 6. The lowest BCUT2D eigenvalue weighted by Gasteiger charge is -2.47. The van der Waals surface area contributed by atoms with Gasteiger partial charge in [0.15, 0.2) is 18.9 Å². The molecule has 4 aliphatic rings. The maximum Gasteiger partial charge on any atom is 0.187 e. The minimum Gasteiger partial charge on any atom is -0.389 e. The van der Waals surface area contributed by atoms with Gasteiger partial charge in [0, 0.05) is 42.4 Å². The normalized spacial score (nSPS) is 48.6. The Bertz CT molecular complexity index is 974. The zero-order valence-corrected chi connectivity index (χ0v) is 28.2. The van der Waals surface area contributed by atoms with Crippen LogP contribution in [-0.2, 0) is 33.2 Å². The van der Waals surface area contributed by atoms with Gasteiger partial charge in [0.1, 0.15) is 61.0 Å². The highest BCUT2D eigenvalue weighted by atomic mass is 32.2. The number of ether oxygens (including phenoxy) is 7. The Kier molecular flexibility index (Phi) is 15.8. The lowest BCUT2D eigenvalue weighted by molar-refractivity contribution is -0.306.